The Kier molecular flexibility index (Phi) is 8.42. The van der Waals surface area contributed by atoms with Gasteiger partial charge in [0.05, 0.1) is 6.04 Å². The molecule has 2 heterocycles. The molecule has 0 atom stereocenters. The molecular formula is C29H33N3O. The van der Waals surface area contributed by atoms with Crippen molar-refractivity contribution in [3.8, 4) is 0 Å². The van der Waals surface area contributed by atoms with Crippen LogP contribution in [0.5, 0.6) is 0 Å². The summed E-state index contributed by atoms with van der Waals surface area (Å²) in [5.74, 6) is 0.693. The highest BCUT2D eigenvalue weighted by Gasteiger charge is 2.27. The number of pyridine rings is 1. The van der Waals surface area contributed by atoms with E-state index in [4.69, 9.17) is 0 Å². The van der Waals surface area contributed by atoms with Crippen LogP contribution in [-0.4, -0.2) is 35.4 Å². The standard InChI is InChI=1S/C29H33N3O/c33-28(16-15-25-10-7-19-30-23-25)31-20-8-9-24-17-21-32(22-18-24)29(26-11-3-1-4-12-26)27-13-5-2-6-14-27/h1-7,10-16,19,23-24,29H,8-9,17-18,20-22H2,(H,31,33)/b16-15+. The Balaban J connectivity index is 1.22. The highest BCUT2D eigenvalue weighted by atomic mass is 16.1. The average Bonchev–Trinajstić information content (AvgIpc) is 2.88. The average molecular weight is 440 g/mol. The van der Waals surface area contributed by atoms with E-state index in [9.17, 15) is 4.79 Å². The van der Waals surface area contributed by atoms with Crippen LogP contribution >= 0.6 is 0 Å². The van der Waals surface area contributed by atoms with Gasteiger partial charge in [-0.3, -0.25) is 14.7 Å². The van der Waals surface area contributed by atoms with E-state index in [-0.39, 0.29) is 5.91 Å². The Morgan fingerprint density at radius 3 is 2.24 bits per heavy atom. The molecule has 1 saturated heterocycles. The molecule has 4 nitrogen and oxygen atoms in total. The van der Waals surface area contributed by atoms with Crippen molar-refractivity contribution in [3.63, 3.8) is 0 Å². The van der Waals surface area contributed by atoms with Gasteiger partial charge in [-0.25, -0.2) is 0 Å². The van der Waals surface area contributed by atoms with E-state index >= 15 is 0 Å². The third-order valence-electron chi connectivity index (χ3n) is 6.44. The number of aromatic nitrogens is 1. The van der Waals surface area contributed by atoms with Gasteiger partial charge in [-0.15, -0.1) is 0 Å². The van der Waals surface area contributed by atoms with Gasteiger partial charge in [0.1, 0.15) is 0 Å². The third kappa shape index (κ3) is 6.87. The molecule has 0 unspecified atom stereocenters. The van der Waals surface area contributed by atoms with E-state index in [0.29, 0.717) is 6.04 Å². The molecule has 1 amide bonds. The molecule has 0 saturated carbocycles. The summed E-state index contributed by atoms with van der Waals surface area (Å²) in [5.41, 5.74) is 3.66. The number of nitrogens with zero attached hydrogens (tertiary/aromatic N) is 2. The summed E-state index contributed by atoms with van der Waals surface area (Å²) in [6.45, 7) is 2.95. The van der Waals surface area contributed by atoms with Crippen molar-refractivity contribution < 1.29 is 4.79 Å². The van der Waals surface area contributed by atoms with Crippen LogP contribution in [0, 0.1) is 5.92 Å². The van der Waals surface area contributed by atoms with Crippen molar-refractivity contribution in [2.75, 3.05) is 19.6 Å². The maximum Gasteiger partial charge on any atom is 0.243 e. The number of carbonyl (C=O) groups is 1. The van der Waals surface area contributed by atoms with Gasteiger partial charge < -0.3 is 5.32 Å². The molecule has 1 aliphatic rings. The highest BCUT2D eigenvalue weighted by molar-refractivity contribution is 5.91. The van der Waals surface area contributed by atoms with Crippen molar-refractivity contribution in [2.24, 2.45) is 5.92 Å². The normalized spacial score (nSPS) is 15.2. The van der Waals surface area contributed by atoms with E-state index in [2.05, 4.69) is 75.9 Å². The van der Waals surface area contributed by atoms with Crippen molar-refractivity contribution in [1.82, 2.24) is 15.2 Å². The molecule has 1 fully saturated rings. The first kappa shape index (κ1) is 22.9. The summed E-state index contributed by atoms with van der Waals surface area (Å²) < 4.78 is 0. The van der Waals surface area contributed by atoms with Gasteiger partial charge in [-0.05, 0) is 73.5 Å². The predicted octanol–water partition coefficient (Wildman–Crippen LogP) is 5.49. The first-order chi connectivity index (χ1) is 16.3. The molecule has 170 valence electrons. The number of amides is 1. The smallest absolute Gasteiger partial charge is 0.243 e. The highest BCUT2D eigenvalue weighted by Crippen LogP contribution is 2.33. The summed E-state index contributed by atoms with van der Waals surface area (Å²) >= 11 is 0. The minimum absolute atomic E-state index is 0.0396. The van der Waals surface area contributed by atoms with Crippen molar-refractivity contribution in [3.05, 3.63) is 108 Å². The lowest BCUT2D eigenvalue weighted by molar-refractivity contribution is -0.116. The van der Waals surface area contributed by atoms with Crippen molar-refractivity contribution >= 4 is 12.0 Å². The van der Waals surface area contributed by atoms with Crippen LogP contribution in [0.1, 0.15) is 48.4 Å². The van der Waals surface area contributed by atoms with Crippen molar-refractivity contribution in [2.45, 2.75) is 31.7 Å². The fourth-order valence-corrected chi connectivity index (χ4v) is 4.69. The van der Waals surface area contributed by atoms with Crippen LogP contribution in [0.3, 0.4) is 0 Å². The number of benzene rings is 2. The van der Waals surface area contributed by atoms with E-state index in [1.165, 1.54) is 30.4 Å². The van der Waals surface area contributed by atoms with Crippen LogP contribution in [0.4, 0.5) is 0 Å². The second-order valence-corrected chi connectivity index (χ2v) is 8.76. The van der Waals surface area contributed by atoms with Crippen molar-refractivity contribution in [1.29, 1.82) is 0 Å². The van der Waals surface area contributed by atoms with Crippen LogP contribution in [0.15, 0.2) is 91.3 Å². The van der Waals surface area contributed by atoms with Crippen LogP contribution in [0.25, 0.3) is 6.08 Å². The Morgan fingerprint density at radius 1 is 0.970 bits per heavy atom. The van der Waals surface area contributed by atoms with Gasteiger partial charge >= 0.3 is 0 Å². The summed E-state index contributed by atoms with van der Waals surface area (Å²) in [5, 5.41) is 3.01. The number of rotatable bonds is 9. The lowest BCUT2D eigenvalue weighted by atomic mass is 9.89. The molecule has 1 aromatic heterocycles. The van der Waals surface area contributed by atoms with Gasteiger partial charge in [0.2, 0.25) is 5.91 Å². The maximum atomic E-state index is 12.0. The molecule has 1 N–H and O–H groups in total. The Morgan fingerprint density at radius 2 is 1.64 bits per heavy atom. The first-order valence-corrected chi connectivity index (χ1v) is 12.0. The SMILES string of the molecule is O=C(/C=C/c1cccnc1)NCCCC1CCN(C(c2ccccc2)c2ccccc2)CC1. The van der Waals surface area contributed by atoms with Crippen LogP contribution in [0.2, 0.25) is 0 Å². The number of hydrogen-bond acceptors (Lipinski definition) is 3. The largest absolute Gasteiger partial charge is 0.353 e. The molecule has 2 aromatic carbocycles. The van der Waals surface area contributed by atoms with E-state index in [1.54, 1.807) is 24.5 Å². The summed E-state index contributed by atoms with van der Waals surface area (Å²) in [4.78, 5) is 18.7. The third-order valence-corrected chi connectivity index (χ3v) is 6.44. The molecule has 0 aliphatic carbocycles. The molecule has 0 spiro atoms. The number of piperidine rings is 1. The minimum Gasteiger partial charge on any atom is -0.353 e. The molecule has 4 rings (SSSR count). The Hall–Kier alpha value is -3.24. The van der Waals surface area contributed by atoms with Gasteiger partial charge in [0.15, 0.2) is 0 Å². The molecule has 4 heteroatoms. The minimum atomic E-state index is -0.0396. The molecule has 0 bridgehead atoms. The second-order valence-electron chi connectivity index (χ2n) is 8.76. The lowest BCUT2D eigenvalue weighted by Crippen LogP contribution is -2.37. The zero-order valence-corrected chi connectivity index (χ0v) is 19.1. The number of nitrogens with one attached hydrogen (secondary N) is 1. The van der Waals surface area contributed by atoms with E-state index in [1.807, 2.05) is 12.1 Å². The molecule has 3 aromatic rings. The Labute approximate surface area is 197 Å². The van der Waals surface area contributed by atoms with Gasteiger partial charge in [-0.1, -0.05) is 66.7 Å². The monoisotopic (exact) mass is 439 g/mol. The maximum absolute atomic E-state index is 12.0. The van der Waals surface area contributed by atoms with Gasteiger partial charge in [0.25, 0.3) is 0 Å². The predicted molar refractivity (Wildman–Crippen MR) is 135 cm³/mol. The summed E-state index contributed by atoms with van der Waals surface area (Å²) in [7, 11) is 0. The number of carbonyl (C=O) groups excluding carboxylic acids is 1. The lowest BCUT2D eigenvalue weighted by Gasteiger charge is -2.38. The number of hydrogen-bond donors (Lipinski definition) is 1. The van der Waals surface area contributed by atoms with Gasteiger partial charge in [0, 0.05) is 25.0 Å². The topological polar surface area (TPSA) is 45.2 Å². The van der Waals surface area contributed by atoms with Gasteiger partial charge in [-0.2, -0.15) is 0 Å². The zero-order valence-electron chi connectivity index (χ0n) is 19.1. The second kappa shape index (κ2) is 12.1. The summed E-state index contributed by atoms with van der Waals surface area (Å²) in [6, 6.07) is 25.8. The zero-order chi connectivity index (χ0) is 22.7. The Bertz CT molecular complexity index is 957. The molecular weight excluding hydrogens is 406 g/mol. The molecule has 0 radical (unpaired) electrons. The number of likely N-dealkylation sites (tertiary alicyclic amines) is 1. The molecule has 33 heavy (non-hydrogen) atoms. The van der Waals surface area contributed by atoms with Crippen LogP contribution < -0.4 is 5.32 Å². The van der Waals surface area contributed by atoms with Crippen LogP contribution in [-0.2, 0) is 4.79 Å². The van der Waals surface area contributed by atoms with E-state index < -0.39 is 0 Å². The fourth-order valence-electron chi connectivity index (χ4n) is 4.69. The van der Waals surface area contributed by atoms with E-state index in [0.717, 1.165) is 37.5 Å². The quantitative estimate of drug-likeness (QED) is 0.354. The fraction of sp³-hybridized carbons (Fsp3) is 0.310. The summed E-state index contributed by atoms with van der Waals surface area (Å²) in [6.07, 6.45) is 11.5. The first-order valence-electron chi connectivity index (χ1n) is 12.0. The molecule has 1 aliphatic heterocycles.